The molecule has 0 heterocycles. The summed E-state index contributed by atoms with van der Waals surface area (Å²) >= 11 is 0. The molecule has 0 fully saturated rings. The molecule has 14 heavy (non-hydrogen) atoms. The lowest BCUT2D eigenvalue weighted by Gasteiger charge is -2.04. The molecule has 0 aliphatic rings. The topological polar surface area (TPSA) is 83.5 Å². The zero-order valence-corrected chi connectivity index (χ0v) is 8.93. The molecule has 0 aromatic rings. The summed E-state index contributed by atoms with van der Waals surface area (Å²) in [4.78, 5) is 10.1. The van der Waals surface area contributed by atoms with Crippen LogP contribution >= 0.6 is 0 Å². The van der Waals surface area contributed by atoms with Crippen LogP contribution in [0.1, 0.15) is 19.8 Å². The van der Waals surface area contributed by atoms with E-state index < -0.39 is 16.0 Å². The van der Waals surface area contributed by atoms with Gasteiger partial charge in [0.1, 0.15) is 0 Å². The lowest BCUT2D eigenvalue weighted by molar-refractivity contribution is -0.137. The van der Waals surface area contributed by atoms with Crippen molar-refractivity contribution in [3.8, 4) is 0 Å². The predicted octanol–water partition coefficient (Wildman–Crippen LogP) is 0.347. The lowest BCUT2D eigenvalue weighted by Crippen LogP contribution is -2.27. The summed E-state index contributed by atoms with van der Waals surface area (Å²) in [5.41, 5.74) is 0.552. The van der Waals surface area contributed by atoms with E-state index in [1.807, 2.05) is 0 Å². The molecule has 0 amide bonds. The molecule has 0 rings (SSSR count). The van der Waals surface area contributed by atoms with Crippen LogP contribution in [0.25, 0.3) is 0 Å². The number of sulfonamides is 1. The molecule has 0 aromatic heterocycles. The Morgan fingerprint density at radius 3 is 2.50 bits per heavy atom. The van der Waals surface area contributed by atoms with Crippen molar-refractivity contribution in [2.45, 2.75) is 19.8 Å². The second kappa shape index (κ2) is 5.77. The first-order chi connectivity index (χ1) is 6.33. The average molecular weight is 221 g/mol. The third-order valence-electron chi connectivity index (χ3n) is 1.33. The van der Waals surface area contributed by atoms with Gasteiger partial charge in [0.15, 0.2) is 0 Å². The first-order valence-electron chi connectivity index (χ1n) is 4.17. The maximum absolute atomic E-state index is 11.2. The van der Waals surface area contributed by atoms with Gasteiger partial charge in [0.2, 0.25) is 10.0 Å². The third-order valence-corrected chi connectivity index (χ3v) is 2.84. The van der Waals surface area contributed by atoms with E-state index in [9.17, 15) is 13.2 Å². The van der Waals surface area contributed by atoms with Gasteiger partial charge in [0.25, 0.3) is 0 Å². The number of hydrogen-bond acceptors (Lipinski definition) is 3. The molecule has 0 unspecified atom stereocenters. The van der Waals surface area contributed by atoms with Crippen LogP contribution in [0, 0.1) is 0 Å². The largest absolute Gasteiger partial charge is 0.481 e. The Morgan fingerprint density at radius 2 is 2.07 bits per heavy atom. The Kier molecular flexibility index (Phi) is 5.40. The first-order valence-corrected chi connectivity index (χ1v) is 5.82. The van der Waals surface area contributed by atoms with Crippen LogP contribution in [0.5, 0.6) is 0 Å². The van der Waals surface area contributed by atoms with Crippen molar-refractivity contribution in [3.63, 3.8) is 0 Å². The molecule has 0 saturated heterocycles. The summed E-state index contributed by atoms with van der Waals surface area (Å²) in [5.74, 6) is -1.04. The smallest absolute Gasteiger partial charge is 0.303 e. The van der Waals surface area contributed by atoms with E-state index in [-0.39, 0.29) is 18.7 Å². The third kappa shape index (κ3) is 7.75. The highest BCUT2D eigenvalue weighted by Crippen LogP contribution is 1.95. The molecule has 0 saturated carbocycles. The van der Waals surface area contributed by atoms with Gasteiger partial charge in [0.05, 0.1) is 5.75 Å². The van der Waals surface area contributed by atoms with Gasteiger partial charge in [-0.2, -0.15) is 0 Å². The normalized spacial score (nSPS) is 11.2. The van der Waals surface area contributed by atoms with Gasteiger partial charge >= 0.3 is 5.97 Å². The van der Waals surface area contributed by atoms with Crippen LogP contribution in [0.3, 0.4) is 0 Å². The summed E-state index contributed by atoms with van der Waals surface area (Å²) in [6.45, 7) is 5.26. The number of hydrogen-bond donors (Lipinski definition) is 2. The van der Waals surface area contributed by atoms with E-state index >= 15 is 0 Å². The lowest BCUT2D eigenvalue weighted by atomic mass is 10.3. The van der Waals surface area contributed by atoms with Crippen molar-refractivity contribution in [1.82, 2.24) is 4.72 Å². The molecule has 5 nitrogen and oxygen atoms in total. The molecular weight excluding hydrogens is 206 g/mol. The summed E-state index contributed by atoms with van der Waals surface area (Å²) in [7, 11) is -3.32. The van der Waals surface area contributed by atoms with Gasteiger partial charge in [-0.3, -0.25) is 4.79 Å². The second-order valence-electron chi connectivity index (χ2n) is 3.11. The zero-order valence-electron chi connectivity index (χ0n) is 8.12. The Morgan fingerprint density at radius 1 is 1.50 bits per heavy atom. The number of carboxylic acids is 1. The van der Waals surface area contributed by atoms with Crippen molar-refractivity contribution < 1.29 is 18.3 Å². The monoisotopic (exact) mass is 221 g/mol. The molecule has 2 N–H and O–H groups in total. The van der Waals surface area contributed by atoms with Crippen molar-refractivity contribution >= 4 is 16.0 Å². The number of carboxylic acid groups (broad SMARTS) is 1. The highest BCUT2D eigenvalue weighted by molar-refractivity contribution is 7.89. The van der Waals surface area contributed by atoms with Crippen LogP contribution in [-0.2, 0) is 14.8 Å². The quantitative estimate of drug-likeness (QED) is 0.480. The van der Waals surface area contributed by atoms with Crippen LogP contribution < -0.4 is 4.72 Å². The highest BCUT2D eigenvalue weighted by atomic mass is 32.2. The molecule has 6 heteroatoms. The Hall–Kier alpha value is -0.880. The fourth-order valence-electron chi connectivity index (χ4n) is 0.843. The highest BCUT2D eigenvalue weighted by Gasteiger charge is 2.09. The summed E-state index contributed by atoms with van der Waals surface area (Å²) in [5, 5.41) is 8.30. The molecule has 0 radical (unpaired) electrons. The Balaban J connectivity index is 3.78. The van der Waals surface area contributed by atoms with Gasteiger partial charge in [-0.05, 0) is 13.3 Å². The van der Waals surface area contributed by atoms with Crippen molar-refractivity contribution in [1.29, 1.82) is 0 Å². The van der Waals surface area contributed by atoms with Crippen LogP contribution in [0.4, 0.5) is 0 Å². The van der Waals surface area contributed by atoms with Gasteiger partial charge in [-0.1, -0.05) is 12.2 Å². The Labute approximate surface area is 83.9 Å². The van der Waals surface area contributed by atoms with Crippen molar-refractivity contribution in [3.05, 3.63) is 12.2 Å². The van der Waals surface area contributed by atoms with Crippen molar-refractivity contribution in [2.75, 3.05) is 12.3 Å². The number of carbonyl (C=O) groups is 1. The van der Waals surface area contributed by atoms with E-state index in [1.54, 1.807) is 6.92 Å². The van der Waals surface area contributed by atoms with Crippen LogP contribution in [0.2, 0.25) is 0 Å². The second-order valence-corrected chi connectivity index (χ2v) is 4.91. The number of aliphatic carboxylic acids is 1. The van der Waals surface area contributed by atoms with Crippen molar-refractivity contribution in [2.24, 2.45) is 0 Å². The minimum absolute atomic E-state index is 0.0322. The average Bonchev–Trinajstić information content (AvgIpc) is 1.95. The molecule has 82 valence electrons. The first kappa shape index (κ1) is 13.1. The molecule has 0 atom stereocenters. The van der Waals surface area contributed by atoms with E-state index in [1.165, 1.54) is 0 Å². The summed E-state index contributed by atoms with van der Waals surface area (Å²) in [6.07, 6.45) is 0.264. The van der Waals surface area contributed by atoms with Gasteiger partial charge in [-0.15, -0.1) is 0 Å². The van der Waals surface area contributed by atoms with Gasteiger partial charge in [0, 0.05) is 13.0 Å². The minimum atomic E-state index is -3.32. The molecule has 0 aromatic carbocycles. The number of rotatable bonds is 7. The Bertz CT molecular complexity index is 307. The maximum atomic E-state index is 11.2. The number of nitrogens with one attached hydrogen (secondary N) is 1. The van der Waals surface area contributed by atoms with Gasteiger partial charge < -0.3 is 5.11 Å². The zero-order chi connectivity index (χ0) is 11.2. The van der Waals surface area contributed by atoms with Crippen LogP contribution in [-0.4, -0.2) is 31.8 Å². The molecular formula is C8H15NO4S. The minimum Gasteiger partial charge on any atom is -0.481 e. The standard InChI is InChI=1S/C8H15NO4S/c1-7(2)6-14(12,13)9-5-3-4-8(10)11/h9H,1,3-6H2,2H3,(H,10,11). The van der Waals surface area contributed by atoms with E-state index in [0.29, 0.717) is 12.0 Å². The predicted molar refractivity (Wildman–Crippen MR) is 53.5 cm³/mol. The molecule has 0 spiro atoms. The fourth-order valence-corrected chi connectivity index (χ4v) is 2.05. The molecule has 0 bridgehead atoms. The van der Waals surface area contributed by atoms with E-state index in [4.69, 9.17) is 5.11 Å². The van der Waals surface area contributed by atoms with E-state index in [2.05, 4.69) is 11.3 Å². The fraction of sp³-hybridized carbons (Fsp3) is 0.625. The van der Waals surface area contributed by atoms with E-state index in [0.717, 1.165) is 0 Å². The summed E-state index contributed by atoms with van der Waals surface area (Å²) < 4.78 is 24.6. The SMILES string of the molecule is C=C(C)CS(=O)(=O)NCCCC(=O)O. The molecule has 0 aliphatic heterocycles. The maximum Gasteiger partial charge on any atom is 0.303 e. The molecule has 0 aliphatic carbocycles. The summed E-state index contributed by atoms with van der Waals surface area (Å²) in [6, 6.07) is 0. The van der Waals surface area contributed by atoms with Gasteiger partial charge in [-0.25, -0.2) is 13.1 Å². The van der Waals surface area contributed by atoms with Crippen LogP contribution in [0.15, 0.2) is 12.2 Å².